The summed E-state index contributed by atoms with van der Waals surface area (Å²) in [6.07, 6.45) is -1.10. The lowest BCUT2D eigenvalue weighted by atomic mass is 9.80. The Morgan fingerprint density at radius 2 is 1.45 bits per heavy atom. The number of methoxy groups -OCH3 is 3. The van der Waals surface area contributed by atoms with Gasteiger partial charge in [0.25, 0.3) is 0 Å². The number of anilines is 1. The SMILES string of the molecule is COc1ccc(C(OC[C@H]2O[C@@H](n3cnc4c(N)ncnc43)[C@@](O)(OC)[C@@H]2O)(c2ccccc2)c2ccc(OC)cc2)cc1. The van der Waals surface area contributed by atoms with Crippen molar-refractivity contribution in [3.05, 3.63) is 108 Å². The van der Waals surface area contributed by atoms with E-state index in [1.807, 2.05) is 78.9 Å². The van der Waals surface area contributed by atoms with Crippen LogP contribution < -0.4 is 15.2 Å². The molecule has 6 rings (SSSR count). The zero-order valence-electron chi connectivity index (χ0n) is 24.4. The van der Waals surface area contributed by atoms with Gasteiger partial charge < -0.3 is 39.6 Å². The maximum atomic E-state index is 11.6. The zero-order chi connectivity index (χ0) is 30.9. The van der Waals surface area contributed by atoms with Gasteiger partial charge in [0, 0.05) is 7.11 Å². The summed E-state index contributed by atoms with van der Waals surface area (Å²) in [5.74, 6) is -0.633. The van der Waals surface area contributed by atoms with Crippen molar-refractivity contribution in [3.8, 4) is 11.5 Å². The highest BCUT2D eigenvalue weighted by Gasteiger charge is 2.58. The number of ether oxygens (including phenoxy) is 5. The summed E-state index contributed by atoms with van der Waals surface area (Å²) in [5.41, 5.74) is 7.86. The van der Waals surface area contributed by atoms with Gasteiger partial charge >= 0.3 is 0 Å². The number of nitrogen functional groups attached to an aromatic ring is 1. The van der Waals surface area contributed by atoms with Crippen molar-refractivity contribution < 1.29 is 33.9 Å². The molecule has 228 valence electrons. The van der Waals surface area contributed by atoms with Crippen LogP contribution in [0.5, 0.6) is 11.5 Å². The van der Waals surface area contributed by atoms with Gasteiger partial charge in [0.15, 0.2) is 17.7 Å². The topological polar surface area (TPSA) is 156 Å². The molecular weight excluding hydrogens is 566 g/mol. The molecule has 3 aromatic carbocycles. The van der Waals surface area contributed by atoms with Crippen LogP contribution in [-0.2, 0) is 19.8 Å². The number of nitrogens with zero attached hydrogens (tertiary/aromatic N) is 4. The van der Waals surface area contributed by atoms with E-state index in [0.29, 0.717) is 22.7 Å². The van der Waals surface area contributed by atoms with E-state index in [1.54, 1.807) is 14.2 Å². The Morgan fingerprint density at radius 1 is 0.864 bits per heavy atom. The van der Waals surface area contributed by atoms with E-state index in [9.17, 15) is 10.2 Å². The molecule has 3 heterocycles. The highest BCUT2D eigenvalue weighted by Crippen LogP contribution is 2.45. The Bertz CT molecular complexity index is 1670. The van der Waals surface area contributed by atoms with Gasteiger partial charge in [-0.1, -0.05) is 54.6 Å². The van der Waals surface area contributed by atoms with Crippen LogP contribution in [0.3, 0.4) is 0 Å². The monoisotopic (exact) mass is 599 g/mol. The van der Waals surface area contributed by atoms with Crippen LogP contribution >= 0.6 is 0 Å². The quantitative estimate of drug-likeness (QED) is 0.160. The minimum atomic E-state index is -2.17. The van der Waals surface area contributed by atoms with Crippen molar-refractivity contribution in [2.45, 2.75) is 29.8 Å². The number of hydrogen-bond acceptors (Lipinski definition) is 11. The molecule has 4 atom stereocenters. The molecule has 4 N–H and O–H groups in total. The molecule has 0 bridgehead atoms. The van der Waals surface area contributed by atoms with Gasteiger partial charge in [0.1, 0.15) is 41.2 Å². The second-order valence-corrected chi connectivity index (χ2v) is 10.3. The Kier molecular flexibility index (Phi) is 7.93. The second-order valence-electron chi connectivity index (χ2n) is 10.3. The summed E-state index contributed by atoms with van der Waals surface area (Å²) in [6, 6.07) is 24.9. The number of fused-ring (bicyclic) bond motifs is 1. The number of imidazole rings is 1. The van der Waals surface area contributed by atoms with E-state index in [-0.39, 0.29) is 12.4 Å². The molecule has 44 heavy (non-hydrogen) atoms. The summed E-state index contributed by atoms with van der Waals surface area (Å²) >= 11 is 0. The molecular formula is C32H33N5O7. The van der Waals surface area contributed by atoms with Gasteiger partial charge in [-0.25, -0.2) is 15.0 Å². The van der Waals surface area contributed by atoms with Crippen molar-refractivity contribution in [2.24, 2.45) is 0 Å². The van der Waals surface area contributed by atoms with Gasteiger partial charge in [0.2, 0.25) is 5.79 Å². The smallest absolute Gasteiger partial charge is 0.241 e. The standard InChI is InChI=1S/C32H33N5O7/c1-40-23-13-9-21(10-14-23)31(20-7-5-4-6-8-20,22-11-15-24(41-2)16-12-22)43-17-25-27(38)32(39,42-3)30(44-25)37-19-36-26-28(33)34-18-35-29(26)37/h4-16,18-19,25,27,30,38-39H,17H2,1-3H3,(H2,33,34,35)/t25-,27-,30-,32+/m1/s1. The molecule has 12 nitrogen and oxygen atoms in total. The molecule has 0 aliphatic carbocycles. The first-order valence-corrected chi connectivity index (χ1v) is 13.9. The molecule has 0 unspecified atom stereocenters. The maximum absolute atomic E-state index is 11.6. The number of aromatic nitrogens is 4. The predicted molar refractivity (Wildman–Crippen MR) is 160 cm³/mol. The number of aliphatic hydroxyl groups is 2. The van der Waals surface area contributed by atoms with E-state index < -0.39 is 29.8 Å². The van der Waals surface area contributed by atoms with Crippen LogP contribution in [0.4, 0.5) is 5.82 Å². The molecule has 0 saturated carbocycles. The summed E-state index contributed by atoms with van der Waals surface area (Å²) in [5, 5.41) is 23.0. The largest absolute Gasteiger partial charge is 0.497 e. The number of rotatable bonds is 10. The van der Waals surface area contributed by atoms with Gasteiger partial charge in [-0.05, 0) is 41.0 Å². The van der Waals surface area contributed by atoms with E-state index >= 15 is 0 Å². The highest BCUT2D eigenvalue weighted by atomic mass is 16.7. The molecule has 1 aliphatic heterocycles. The van der Waals surface area contributed by atoms with Crippen molar-refractivity contribution >= 4 is 17.0 Å². The third-order valence-electron chi connectivity index (χ3n) is 8.04. The van der Waals surface area contributed by atoms with Crippen molar-refractivity contribution in [3.63, 3.8) is 0 Å². The van der Waals surface area contributed by atoms with Crippen LogP contribution in [0.15, 0.2) is 91.5 Å². The summed E-state index contributed by atoms with van der Waals surface area (Å²) in [7, 11) is 4.50. The van der Waals surface area contributed by atoms with Crippen LogP contribution in [0.2, 0.25) is 0 Å². The molecule has 0 radical (unpaired) electrons. The first-order chi connectivity index (χ1) is 21.3. The average Bonchev–Trinajstić information content (AvgIpc) is 3.61. The Morgan fingerprint density at radius 3 is 2.02 bits per heavy atom. The van der Waals surface area contributed by atoms with E-state index in [1.165, 1.54) is 24.3 Å². The second kappa shape index (κ2) is 11.8. The lowest BCUT2D eigenvalue weighted by molar-refractivity contribution is -0.264. The van der Waals surface area contributed by atoms with Gasteiger partial charge in [-0.3, -0.25) is 4.57 Å². The first kappa shape index (κ1) is 29.5. The average molecular weight is 600 g/mol. The van der Waals surface area contributed by atoms with Crippen molar-refractivity contribution in [2.75, 3.05) is 33.7 Å². The van der Waals surface area contributed by atoms with E-state index in [2.05, 4.69) is 15.0 Å². The maximum Gasteiger partial charge on any atom is 0.241 e. The van der Waals surface area contributed by atoms with Crippen molar-refractivity contribution in [1.29, 1.82) is 0 Å². The predicted octanol–water partition coefficient (Wildman–Crippen LogP) is 3.03. The summed E-state index contributed by atoms with van der Waals surface area (Å²) < 4.78 is 30.9. The molecule has 0 amide bonds. The molecule has 1 aliphatic rings. The van der Waals surface area contributed by atoms with E-state index in [0.717, 1.165) is 16.7 Å². The fourth-order valence-electron chi connectivity index (χ4n) is 5.69. The minimum absolute atomic E-state index is 0.153. The number of nitrogens with two attached hydrogens (primary N) is 1. The molecule has 12 heteroatoms. The number of hydrogen-bond donors (Lipinski definition) is 3. The molecule has 1 saturated heterocycles. The zero-order valence-corrected chi connectivity index (χ0v) is 24.4. The fourth-order valence-corrected chi connectivity index (χ4v) is 5.69. The van der Waals surface area contributed by atoms with Crippen LogP contribution in [-0.4, -0.2) is 75.7 Å². The lowest BCUT2D eigenvalue weighted by Gasteiger charge is -2.37. The van der Waals surface area contributed by atoms with Crippen LogP contribution in [0.25, 0.3) is 11.2 Å². The highest BCUT2D eigenvalue weighted by molar-refractivity contribution is 5.81. The van der Waals surface area contributed by atoms with Gasteiger partial charge in [-0.2, -0.15) is 0 Å². The number of aliphatic hydroxyl groups excluding tert-OH is 1. The molecule has 5 aromatic rings. The molecule has 0 spiro atoms. The fraction of sp³-hybridized carbons (Fsp3) is 0.281. The first-order valence-electron chi connectivity index (χ1n) is 13.9. The number of benzene rings is 3. The minimum Gasteiger partial charge on any atom is -0.497 e. The Labute approximate surface area is 253 Å². The van der Waals surface area contributed by atoms with Gasteiger partial charge in [0.05, 0.1) is 27.2 Å². The van der Waals surface area contributed by atoms with E-state index in [4.69, 9.17) is 29.4 Å². The third kappa shape index (κ3) is 4.82. The normalized spacial score (nSPS) is 21.9. The Balaban J connectivity index is 1.42. The van der Waals surface area contributed by atoms with Crippen molar-refractivity contribution in [1.82, 2.24) is 19.5 Å². The van der Waals surface area contributed by atoms with Crippen LogP contribution in [0, 0.1) is 0 Å². The lowest BCUT2D eigenvalue weighted by Crippen LogP contribution is -2.49. The third-order valence-corrected chi connectivity index (χ3v) is 8.04. The van der Waals surface area contributed by atoms with Crippen LogP contribution in [0.1, 0.15) is 22.9 Å². The molecule has 1 fully saturated rings. The Hall–Kier alpha value is -4.59. The van der Waals surface area contributed by atoms with Gasteiger partial charge in [-0.15, -0.1) is 0 Å². The summed E-state index contributed by atoms with van der Waals surface area (Å²) in [4.78, 5) is 12.5. The molecule has 2 aromatic heterocycles. The summed E-state index contributed by atoms with van der Waals surface area (Å²) in [6.45, 7) is -0.153.